The monoisotopic (exact) mass is 302 g/mol. The van der Waals surface area contributed by atoms with Crippen molar-refractivity contribution >= 4 is 12.4 Å². The molecule has 2 aromatic carbocycles. The molecule has 4 nitrogen and oxygen atoms in total. The third-order valence-corrected chi connectivity index (χ3v) is 3.08. The van der Waals surface area contributed by atoms with Gasteiger partial charge in [0, 0.05) is 31.1 Å². The Morgan fingerprint density at radius 2 is 1.33 bits per heavy atom. The van der Waals surface area contributed by atoms with E-state index in [2.05, 4.69) is 39.2 Å². The Labute approximate surface area is 131 Å². The molecule has 0 radical (unpaired) electrons. The summed E-state index contributed by atoms with van der Waals surface area (Å²) in [6.45, 7) is 2.97. The highest BCUT2D eigenvalue weighted by Crippen LogP contribution is 2.09. The average molecular weight is 303 g/mol. The summed E-state index contributed by atoms with van der Waals surface area (Å²) in [4.78, 5) is 5.11. The zero-order valence-electron chi connectivity index (χ0n) is 11.8. The number of halogens is 1. The third kappa shape index (κ3) is 6.32. The fourth-order valence-corrected chi connectivity index (χ4v) is 2.13. The molecule has 0 N–H and O–H groups in total. The van der Waals surface area contributed by atoms with Gasteiger partial charge in [0.2, 0.25) is 0 Å². The van der Waals surface area contributed by atoms with E-state index in [0.29, 0.717) is 6.54 Å². The van der Waals surface area contributed by atoms with Gasteiger partial charge in [-0.3, -0.25) is 4.90 Å². The second-order valence-electron chi connectivity index (χ2n) is 4.64. The average Bonchev–Trinajstić information content (AvgIpc) is 2.49. The van der Waals surface area contributed by atoms with Crippen LogP contribution in [0.5, 0.6) is 0 Å². The first-order chi connectivity index (χ1) is 9.88. The van der Waals surface area contributed by atoms with Crippen LogP contribution < -0.4 is 0 Å². The number of hydrogen-bond acceptors (Lipinski definition) is 2. The van der Waals surface area contributed by atoms with Crippen LogP contribution in [0, 0.1) is 0 Å². The highest BCUT2D eigenvalue weighted by molar-refractivity contribution is 5.85. The van der Waals surface area contributed by atoms with Gasteiger partial charge in [-0.25, -0.2) is 0 Å². The van der Waals surface area contributed by atoms with Crippen LogP contribution in [0.1, 0.15) is 11.1 Å². The molecule has 0 amide bonds. The molecule has 0 heterocycles. The van der Waals surface area contributed by atoms with Gasteiger partial charge in [0.05, 0.1) is 0 Å². The first-order valence-corrected chi connectivity index (χ1v) is 6.69. The van der Waals surface area contributed by atoms with Crippen LogP contribution >= 0.6 is 12.4 Å². The van der Waals surface area contributed by atoms with Crippen LogP contribution in [0.25, 0.3) is 10.4 Å². The molecule has 0 bridgehead atoms. The van der Waals surface area contributed by atoms with Crippen molar-refractivity contribution in [3.05, 3.63) is 82.2 Å². The minimum Gasteiger partial charge on any atom is -0.295 e. The molecule has 0 aliphatic rings. The summed E-state index contributed by atoms with van der Waals surface area (Å²) in [7, 11) is 0. The van der Waals surface area contributed by atoms with Gasteiger partial charge >= 0.3 is 0 Å². The van der Waals surface area contributed by atoms with E-state index in [1.807, 2.05) is 36.4 Å². The Balaban J connectivity index is 0.00000220. The van der Waals surface area contributed by atoms with Crippen molar-refractivity contribution in [1.29, 1.82) is 0 Å². The molecule has 5 heteroatoms. The largest absolute Gasteiger partial charge is 0.295 e. The number of rotatable bonds is 7. The molecule has 0 saturated carbocycles. The molecule has 0 spiro atoms. The third-order valence-electron chi connectivity index (χ3n) is 3.08. The maximum Gasteiger partial charge on any atom is 0.0386 e. The minimum atomic E-state index is 0. The maximum absolute atomic E-state index is 8.40. The van der Waals surface area contributed by atoms with Gasteiger partial charge in [0.15, 0.2) is 0 Å². The summed E-state index contributed by atoms with van der Waals surface area (Å²) in [6.07, 6.45) is 0. The van der Waals surface area contributed by atoms with Gasteiger partial charge in [-0.05, 0) is 16.7 Å². The molecule has 0 atom stereocenters. The molecular weight excluding hydrogens is 284 g/mol. The lowest BCUT2D eigenvalue weighted by Gasteiger charge is -2.21. The second kappa shape index (κ2) is 9.83. The van der Waals surface area contributed by atoms with Crippen molar-refractivity contribution in [2.24, 2.45) is 5.11 Å². The zero-order valence-corrected chi connectivity index (χ0v) is 12.6. The predicted octanol–water partition coefficient (Wildman–Crippen LogP) is 4.42. The fourth-order valence-electron chi connectivity index (χ4n) is 2.13. The molecule has 0 unspecified atom stereocenters. The van der Waals surface area contributed by atoms with E-state index in [0.717, 1.165) is 19.6 Å². The summed E-state index contributed by atoms with van der Waals surface area (Å²) in [5.41, 5.74) is 10.9. The van der Waals surface area contributed by atoms with Crippen LogP contribution in [0.4, 0.5) is 0 Å². The molecular formula is C16H19ClN4. The predicted molar refractivity (Wildman–Crippen MR) is 88.3 cm³/mol. The molecule has 0 fully saturated rings. The Bertz CT molecular complexity index is 512. The highest BCUT2D eigenvalue weighted by Gasteiger charge is 2.06. The highest BCUT2D eigenvalue weighted by atomic mass is 35.5. The van der Waals surface area contributed by atoms with E-state index >= 15 is 0 Å². The summed E-state index contributed by atoms with van der Waals surface area (Å²) in [5.74, 6) is 0. The summed E-state index contributed by atoms with van der Waals surface area (Å²) < 4.78 is 0. The number of azide groups is 1. The second-order valence-corrected chi connectivity index (χ2v) is 4.64. The van der Waals surface area contributed by atoms with Gasteiger partial charge < -0.3 is 0 Å². The van der Waals surface area contributed by atoms with E-state index in [9.17, 15) is 0 Å². The van der Waals surface area contributed by atoms with Crippen molar-refractivity contribution < 1.29 is 0 Å². The molecule has 2 aromatic rings. The van der Waals surface area contributed by atoms with Crippen LogP contribution in [0.2, 0.25) is 0 Å². The Morgan fingerprint density at radius 1 is 0.857 bits per heavy atom. The molecule has 0 aliphatic carbocycles. The lowest BCUT2D eigenvalue weighted by Crippen LogP contribution is -2.25. The SMILES string of the molecule is Cl.[N-]=[N+]=NCCN(Cc1ccccc1)Cc1ccccc1. The molecule has 2 rings (SSSR count). The lowest BCUT2D eigenvalue weighted by molar-refractivity contribution is 0.264. The van der Waals surface area contributed by atoms with Crippen LogP contribution in [-0.4, -0.2) is 18.0 Å². The topological polar surface area (TPSA) is 52.0 Å². The quantitative estimate of drug-likeness (QED) is 0.424. The van der Waals surface area contributed by atoms with Crippen LogP contribution in [0.3, 0.4) is 0 Å². The summed E-state index contributed by atoms with van der Waals surface area (Å²) >= 11 is 0. The van der Waals surface area contributed by atoms with E-state index in [1.165, 1.54) is 11.1 Å². The number of benzene rings is 2. The van der Waals surface area contributed by atoms with Gasteiger partial charge in [0.1, 0.15) is 0 Å². The molecule has 110 valence electrons. The minimum absolute atomic E-state index is 0. The van der Waals surface area contributed by atoms with Crippen LogP contribution in [-0.2, 0) is 13.1 Å². The van der Waals surface area contributed by atoms with Crippen molar-refractivity contribution in [2.75, 3.05) is 13.1 Å². The Morgan fingerprint density at radius 3 is 1.76 bits per heavy atom. The first kappa shape index (κ1) is 17.1. The zero-order chi connectivity index (χ0) is 14.0. The molecule has 21 heavy (non-hydrogen) atoms. The summed E-state index contributed by atoms with van der Waals surface area (Å²) in [6, 6.07) is 20.7. The standard InChI is InChI=1S/C16H18N4.ClH/c17-19-18-11-12-20(13-15-7-3-1-4-8-15)14-16-9-5-2-6-10-16;/h1-10H,11-14H2;1H. The van der Waals surface area contributed by atoms with Crippen molar-refractivity contribution in [1.82, 2.24) is 4.90 Å². The molecule has 0 aliphatic heterocycles. The smallest absolute Gasteiger partial charge is 0.0386 e. The Hall–Kier alpha value is -2.00. The van der Waals surface area contributed by atoms with E-state index in [4.69, 9.17) is 5.53 Å². The Kier molecular flexibility index (Phi) is 7.99. The van der Waals surface area contributed by atoms with Gasteiger partial charge in [-0.1, -0.05) is 65.8 Å². The van der Waals surface area contributed by atoms with Gasteiger partial charge in [0.25, 0.3) is 0 Å². The summed E-state index contributed by atoms with van der Waals surface area (Å²) in [5, 5.41) is 3.63. The van der Waals surface area contributed by atoms with Gasteiger partial charge in [-0.15, -0.1) is 12.4 Å². The maximum atomic E-state index is 8.40. The van der Waals surface area contributed by atoms with Gasteiger partial charge in [-0.2, -0.15) is 0 Å². The van der Waals surface area contributed by atoms with Crippen LogP contribution in [0.15, 0.2) is 65.8 Å². The van der Waals surface area contributed by atoms with Crippen molar-refractivity contribution in [3.8, 4) is 0 Å². The van der Waals surface area contributed by atoms with E-state index in [1.54, 1.807) is 0 Å². The molecule has 0 saturated heterocycles. The number of nitrogens with zero attached hydrogens (tertiary/aromatic N) is 4. The lowest BCUT2D eigenvalue weighted by atomic mass is 10.1. The molecule has 0 aromatic heterocycles. The van der Waals surface area contributed by atoms with Crippen molar-refractivity contribution in [3.63, 3.8) is 0 Å². The normalized spacial score (nSPS) is 9.76. The fraction of sp³-hybridized carbons (Fsp3) is 0.250. The van der Waals surface area contributed by atoms with E-state index in [-0.39, 0.29) is 12.4 Å². The number of hydrogen-bond donors (Lipinski definition) is 0. The van der Waals surface area contributed by atoms with Crippen molar-refractivity contribution in [2.45, 2.75) is 13.1 Å². The first-order valence-electron chi connectivity index (χ1n) is 6.69. The van der Waals surface area contributed by atoms with E-state index < -0.39 is 0 Å².